The molecule has 0 aromatic heterocycles. The van der Waals surface area contributed by atoms with Gasteiger partial charge in [0.1, 0.15) is 11.3 Å². The lowest BCUT2D eigenvalue weighted by Gasteiger charge is -2.12. The number of benzene rings is 2. The predicted molar refractivity (Wildman–Crippen MR) is 82.7 cm³/mol. The Morgan fingerprint density at radius 2 is 1.58 bits per heavy atom. The number of rotatable bonds is 5. The number of ether oxygens (including phenoxy) is 1. The lowest BCUT2D eigenvalue weighted by Crippen LogP contribution is -2.05. The number of hydrogen-bond acceptors (Lipinski definition) is 6. The molecule has 0 atom stereocenters. The van der Waals surface area contributed by atoms with Gasteiger partial charge in [0, 0.05) is 6.07 Å². The SMILES string of the molecule is Cc1cccc(C)c1Oc1cc(C(=O)O)c([N+](=O)[O-])cc1[N+](=O)[O-]. The highest BCUT2D eigenvalue weighted by Gasteiger charge is 2.29. The number of aromatic carboxylic acids is 1. The van der Waals surface area contributed by atoms with Crippen LogP contribution in [-0.4, -0.2) is 20.9 Å². The first kappa shape index (κ1) is 16.9. The maximum atomic E-state index is 11.2. The molecule has 0 unspecified atom stereocenters. The zero-order valence-electron chi connectivity index (χ0n) is 12.7. The molecule has 0 spiro atoms. The fourth-order valence-electron chi connectivity index (χ4n) is 2.17. The third-order valence-electron chi connectivity index (χ3n) is 3.32. The van der Waals surface area contributed by atoms with Crippen molar-refractivity contribution in [1.29, 1.82) is 0 Å². The van der Waals surface area contributed by atoms with Crippen LogP contribution in [0.3, 0.4) is 0 Å². The summed E-state index contributed by atoms with van der Waals surface area (Å²) in [6.07, 6.45) is 0. The van der Waals surface area contributed by atoms with E-state index < -0.39 is 32.8 Å². The summed E-state index contributed by atoms with van der Waals surface area (Å²) in [5.41, 5.74) is -0.886. The summed E-state index contributed by atoms with van der Waals surface area (Å²) < 4.78 is 5.53. The van der Waals surface area contributed by atoms with E-state index in [0.717, 1.165) is 6.07 Å². The number of para-hydroxylation sites is 1. The third-order valence-corrected chi connectivity index (χ3v) is 3.32. The van der Waals surface area contributed by atoms with Gasteiger partial charge in [-0.2, -0.15) is 0 Å². The summed E-state index contributed by atoms with van der Waals surface area (Å²) in [5.74, 6) is -1.63. The van der Waals surface area contributed by atoms with Crippen molar-refractivity contribution >= 4 is 17.3 Å². The van der Waals surface area contributed by atoms with Crippen molar-refractivity contribution in [2.45, 2.75) is 13.8 Å². The Labute approximate surface area is 135 Å². The molecule has 24 heavy (non-hydrogen) atoms. The van der Waals surface area contributed by atoms with Gasteiger partial charge in [0.2, 0.25) is 5.75 Å². The van der Waals surface area contributed by atoms with Gasteiger partial charge in [-0.05, 0) is 25.0 Å². The maximum Gasteiger partial charge on any atom is 0.342 e. The summed E-state index contributed by atoms with van der Waals surface area (Å²) in [5, 5.41) is 31.3. The van der Waals surface area contributed by atoms with Crippen molar-refractivity contribution in [1.82, 2.24) is 0 Å². The van der Waals surface area contributed by atoms with E-state index in [1.165, 1.54) is 0 Å². The van der Waals surface area contributed by atoms with Crippen LogP contribution < -0.4 is 4.74 Å². The van der Waals surface area contributed by atoms with Crippen LogP contribution in [0.5, 0.6) is 11.5 Å². The number of aryl methyl sites for hydroxylation is 2. The molecule has 2 rings (SSSR count). The van der Waals surface area contributed by atoms with E-state index >= 15 is 0 Å². The Balaban J connectivity index is 2.68. The van der Waals surface area contributed by atoms with E-state index in [1.807, 2.05) is 0 Å². The molecule has 0 bridgehead atoms. The number of carboxylic acids is 1. The molecule has 2 aromatic rings. The Hall–Kier alpha value is -3.49. The van der Waals surface area contributed by atoms with Gasteiger partial charge in [0.15, 0.2) is 0 Å². The van der Waals surface area contributed by atoms with Crippen molar-refractivity contribution in [3.8, 4) is 11.5 Å². The summed E-state index contributed by atoms with van der Waals surface area (Å²) in [7, 11) is 0. The molecule has 0 aliphatic heterocycles. The van der Waals surface area contributed by atoms with Crippen molar-refractivity contribution in [2.24, 2.45) is 0 Å². The zero-order valence-corrected chi connectivity index (χ0v) is 12.7. The van der Waals surface area contributed by atoms with Crippen LogP contribution in [0.15, 0.2) is 30.3 Å². The average Bonchev–Trinajstić information content (AvgIpc) is 2.49. The Morgan fingerprint density at radius 1 is 1.04 bits per heavy atom. The van der Waals surface area contributed by atoms with Gasteiger partial charge >= 0.3 is 11.7 Å². The molecule has 0 saturated carbocycles. The van der Waals surface area contributed by atoms with Crippen LogP contribution in [0.1, 0.15) is 21.5 Å². The average molecular weight is 332 g/mol. The summed E-state index contributed by atoms with van der Waals surface area (Å²) >= 11 is 0. The summed E-state index contributed by atoms with van der Waals surface area (Å²) in [6, 6.07) is 6.59. The second-order valence-electron chi connectivity index (χ2n) is 4.98. The minimum Gasteiger partial charge on any atom is -0.477 e. The largest absolute Gasteiger partial charge is 0.477 e. The van der Waals surface area contributed by atoms with E-state index in [0.29, 0.717) is 22.9 Å². The second kappa shape index (κ2) is 6.32. The standard InChI is InChI=1S/C15H12N2O7/c1-8-4-3-5-9(2)14(8)24-13-6-10(15(18)19)11(16(20)21)7-12(13)17(22)23/h3-7H,1-2H3,(H,18,19). The van der Waals surface area contributed by atoms with Gasteiger partial charge in [-0.15, -0.1) is 0 Å². The van der Waals surface area contributed by atoms with Gasteiger partial charge in [-0.3, -0.25) is 20.2 Å². The molecular formula is C15H12N2O7. The molecule has 9 nitrogen and oxygen atoms in total. The van der Waals surface area contributed by atoms with Crippen LogP contribution in [0, 0.1) is 34.1 Å². The van der Waals surface area contributed by atoms with Crippen LogP contribution in [-0.2, 0) is 0 Å². The van der Waals surface area contributed by atoms with Crippen LogP contribution >= 0.6 is 0 Å². The fraction of sp³-hybridized carbons (Fsp3) is 0.133. The molecule has 0 aliphatic carbocycles. The van der Waals surface area contributed by atoms with Gasteiger partial charge < -0.3 is 9.84 Å². The predicted octanol–water partition coefficient (Wildman–Crippen LogP) is 3.61. The monoisotopic (exact) mass is 332 g/mol. The minimum atomic E-state index is -1.58. The molecule has 9 heteroatoms. The number of carbonyl (C=O) groups is 1. The van der Waals surface area contributed by atoms with Gasteiger partial charge in [0.25, 0.3) is 5.69 Å². The molecule has 2 aromatic carbocycles. The fourth-order valence-corrected chi connectivity index (χ4v) is 2.17. The number of carboxylic acid groups (broad SMARTS) is 1. The van der Waals surface area contributed by atoms with Crippen LogP contribution in [0.25, 0.3) is 0 Å². The molecule has 0 saturated heterocycles. The van der Waals surface area contributed by atoms with E-state index in [4.69, 9.17) is 9.84 Å². The smallest absolute Gasteiger partial charge is 0.342 e. The molecule has 1 N–H and O–H groups in total. The number of nitro benzene ring substituents is 2. The molecule has 124 valence electrons. The topological polar surface area (TPSA) is 133 Å². The Kier molecular flexibility index (Phi) is 4.45. The molecular weight excluding hydrogens is 320 g/mol. The first-order valence-electron chi connectivity index (χ1n) is 6.66. The van der Waals surface area contributed by atoms with E-state index in [1.54, 1.807) is 32.0 Å². The highest BCUT2D eigenvalue weighted by atomic mass is 16.6. The van der Waals surface area contributed by atoms with Crippen molar-refractivity contribution in [3.63, 3.8) is 0 Å². The second-order valence-corrected chi connectivity index (χ2v) is 4.98. The van der Waals surface area contributed by atoms with Crippen LogP contribution in [0.2, 0.25) is 0 Å². The highest BCUT2D eigenvalue weighted by molar-refractivity contribution is 5.94. The van der Waals surface area contributed by atoms with Crippen molar-refractivity contribution < 1.29 is 24.5 Å². The van der Waals surface area contributed by atoms with E-state index in [-0.39, 0.29) is 5.75 Å². The van der Waals surface area contributed by atoms with Gasteiger partial charge in [-0.25, -0.2) is 4.79 Å². The van der Waals surface area contributed by atoms with Gasteiger partial charge in [-0.1, -0.05) is 18.2 Å². The van der Waals surface area contributed by atoms with E-state index in [9.17, 15) is 25.0 Å². The van der Waals surface area contributed by atoms with Crippen molar-refractivity contribution in [3.05, 3.63) is 67.3 Å². The molecule has 0 radical (unpaired) electrons. The quantitative estimate of drug-likeness (QED) is 0.653. The van der Waals surface area contributed by atoms with Gasteiger partial charge in [0.05, 0.1) is 15.9 Å². The van der Waals surface area contributed by atoms with Crippen molar-refractivity contribution in [2.75, 3.05) is 0 Å². The molecule has 0 fully saturated rings. The Morgan fingerprint density at radius 3 is 2.04 bits per heavy atom. The minimum absolute atomic E-state index is 0.325. The molecule has 0 amide bonds. The highest BCUT2D eigenvalue weighted by Crippen LogP contribution is 2.38. The van der Waals surface area contributed by atoms with E-state index in [2.05, 4.69) is 0 Å². The lowest BCUT2D eigenvalue weighted by atomic mass is 10.1. The first-order chi connectivity index (χ1) is 11.2. The zero-order chi connectivity index (χ0) is 18.0. The summed E-state index contributed by atoms with van der Waals surface area (Å²) in [6.45, 7) is 3.44. The number of nitrogens with zero attached hydrogens (tertiary/aromatic N) is 2. The van der Waals surface area contributed by atoms with Crippen LogP contribution in [0.4, 0.5) is 11.4 Å². The molecule has 0 heterocycles. The first-order valence-corrected chi connectivity index (χ1v) is 6.66. The number of hydrogen-bond donors (Lipinski definition) is 1. The number of nitro groups is 2. The normalized spacial score (nSPS) is 10.2. The Bertz CT molecular complexity index is 841. The molecule has 0 aliphatic rings. The maximum absolute atomic E-state index is 11.2. The third kappa shape index (κ3) is 3.14. The summed E-state index contributed by atoms with van der Waals surface area (Å²) in [4.78, 5) is 31.5. The lowest BCUT2D eigenvalue weighted by molar-refractivity contribution is -0.394.